The predicted molar refractivity (Wildman–Crippen MR) is 104 cm³/mol. The summed E-state index contributed by atoms with van der Waals surface area (Å²) < 4.78 is 10.8. The lowest BCUT2D eigenvalue weighted by atomic mass is 10.0. The van der Waals surface area contributed by atoms with E-state index in [1.165, 1.54) is 0 Å². The molecule has 1 aliphatic heterocycles. The molecular weight excluding hydrogens is 350 g/mol. The van der Waals surface area contributed by atoms with Crippen molar-refractivity contribution in [2.24, 2.45) is 5.92 Å². The number of carbonyl (C=O) groups is 1. The molecule has 1 heterocycles. The molecule has 0 bridgehead atoms. The van der Waals surface area contributed by atoms with Crippen molar-refractivity contribution < 1.29 is 14.3 Å². The SMILES string of the molecule is COc1ccc(Cl)cc1-c1cccc(C(=O)NCCC[C@@H]2CCOC2)c1. The highest BCUT2D eigenvalue weighted by Crippen LogP contribution is 2.32. The normalized spacial score (nSPS) is 16.5. The maximum Gasteiger partial charge on any atom is 0.251 e. The van der Waals surface area contributed by atoms with E-state index in [0.717, 1.165) is 49.4 Å². The molecule has 2 aromatic carbocycles. The third-order valence-corrected chi connectivity index (χ3v) is 4.93. The Bertz CT molecular complexity index is 757. The molecule has 1 aliphatic rings. The van der Waals surface area contributed by atoms with E-state index in [2.05, 4.69) is 5.32 Å². The first-order chi connectivity index (χ1) is 12.7. The quantitative estimate of drug-likeness (QED) is 0.723. The van der Waals surface area contributed by atoms with Gasteiger partial charge >= 0.3 is 0 Å². The molecule has 0 radical (unpaired) electrons. The Morgan fingerprint density at radius 3 is 2.96 bits per heavy atom. The van der Waals surface area contributed by atoms with E-state index in [1.807, 2.05) is 36.4 Å². The van der Waals surface area contributed by atoms with Gasteiger partial charge in [-0.25, -0.2) is 0 Å². The van der Waals surface area contributed by atoms with E-state index in [4.69, 9.17) is 21.1 Å². The molecule has 5 heteroatoms. The summed E-state index contributed by atoms with van der Waals surface area (Å²) >= 11 is 6.12. The van der Waals surface area contributed by atoms with Crippen LogP contribution < -0.4 is 10.1 Å². The molecule has 0 unspecified atom stereocenters. The Labute approximate surface area is 159 Å². The van der Waals surface area contributed by atoms with Crippen LogP contribution in [0.2, 0.25) is 5.02 Å². The van der Waals surface area contributed by atoms with Crippen molar-refractivity contribution >= 4 is 17.5 Å². The minimum atomic E-state index is -0.0597. The van der Waals surface area contributed by atoms with Gasteiger partial charge in [0.05, 0.1) is 7.11 Å². The number of hydrogen-bond donors (Lipinski definition) is 1. The molecule has 2 aromatic rings. The average Bonchev–Trinajstić information content (AvgIpc) is 3.18. The van der Waals surface area contributed by atoms with Gasteiger partial charge in [0.1, 0.15) is 5.75 Å². The Morgan fingerprint density at radius 1 is 1.31 bits per heavy atom. The van der Waals surface area contributed by atoms with Gasteiger partial charge in [-0.3, -0.25) is 4.79 Å². The Hall–Kier alpha value is -2.04. The van der Waals surface area contributed by atoms with Crippen LogP contribution >= 0.6 is 11.6 Å². The van der Waals surface area contributed by atoms with Gasteiger partial charge in [-0.05, 0) is 61.1 Å². The van der Waals surface area contributed by atoms with Crippen molar-refractivity contribution in [1.82, 2.24) is 5.32 Å². The molecule has 1 atom stereocenters. The summed E-state index contributed by atoms with van der Waals surface area (Å²) in [7, 11) is 1.62. The third kappa shape index (κ3) is 4.77. The zero-order chi connectivity index (χ0) is 18.4. The number of hydrogen-bond acceptors (Lipinski definition) is 3. The van der Waals surface area contributed by atoms with Crippen molar-refractivity contribution in [3.05, 3.63) is 53.1 Å². The van der Waals surface area contributed by atoms with Crippen molar-refractivity contribution in [3.63, 3.8) is 0 Å². The lowest BCUT2D eigenvalue weighted by molar-refractivity contribution is 0.0952. The van der Waals surface area contributed by atoms with Crippen LogP contribution in [0.25, 0.3) is 11.1 Å². The van der Waals surface area contributed by atoms with Crippen LogP contribution in [0.5, 0.6) is 5.75 Å². The van der Waals surface area contributed by atoms with E-state index in [0.29, 0.717) is 23.0 Å². The molecule has 0 aliphatic carbocycles. The van der Waals surface area contributed by atoms with Gasteiger partial charge in [0, 0.05) is 35.9 Å². The van der Waals surface area contributed by atoms with E-state index < -0.39 is 0 Å². The maximum absolute atomic E-state index is 12.5. The van der Waals surface area contributed by atoms with Gasteiger partial charge in [0.15, 0.2) is 0 Å². The Morgan fingerprint density at radius 2 is 2.19 bits per heavy atom. The van der Waals surface area contributed by atoms with Crippen LogP contribution in [0, 0.1) is 5.92 Å². The number of amides is 1. The number of benzene rings is 2. The van der Waals surface area contributed by atoms with Crippen LogP contribution in [0.4, 0.5) is 0 Å². The average molecular weight is 374 g/mol. The fraction of sp³-hybridized carbons (Fsp3) is 0.381. The second-order valence-electron chi connectivity index (χ2n) is 6.55. The second kappa shape index (κ2) is 9.06. The summed E-state index contributed by atoms with van der Waals surface area (Å²) in [6, 6.07) is 13.0. The first kappa shape index (κ1) is 18.7. The molecule has 1 fully saturated rings. The molecular formula is C21H24ClNO3. The molecule has 138 valence electrons. The maximum atomic E-state index is 12.5. The van der Waals surface area contributed by atoms with Crippen LogP contribution in [-0.4, -0.2) is 32.8 Å². The lowest BCUT2D eigenvalue weighted by Gasteiger charge is -2.11. The molecule has 4 nitrogen and oxygen atoms in total. The fourth-order valence-corrected chi connectivity index (χ4v) is 3.41. The minimum Gasteiger partial charge on any atom is -0.496 e. The van der Waals surface area contributed by atoms with Gasteiger partial charge in [-0.1, -0.05) is 23.7 Å². The molecule has 26 heavy (non-hydrogen) atoms. The van der Waals surface area contributed by atoms with Crippen LogP contribution in [0.15, 0.2) is 42.5 Å². The van der Waals surface area contributed by atoms with E-state index >= 15 is 0 Å². The minimum absolute atomic E-state index is 0.0597. The summed E-state index contributed by atoms with van der Waals surface area (Å²) in [5.74, 6) is 1.31. The van der Waals surface area contributed by atoms with E-state index in [1.54, 1.807) is 13.2 Å². The van der Waals surface area contributed by atoms with Gasteiger partial charge < -0.3 is 14.8 Å². The first-order valence-corrected chi connectivity index (χ1v) is 9.35. The first-order valence-electron chi connectivity index (χ1n) is 8.97. The summed E-state index contributed by atoms with van der Waals surface area (Å²) in [5.41, 5.74) is 2.41. The Balaban J connectivity index is 1.63. The Kier molecular flexibility index (Phi) is 6.53. The largest absolute Gasteiger partial charge is 0.496 e. The van der Waals surface area contributed by atoms with Gasteiger partial charge in [0.2, 0.25) is 0 Å². The number of nitrogens with one attached hydrogen (secondary N) is 1. The molecule has 3 rings (SSSR count). The zero-order valence-electron chi connectivity index (χ0n) is 15.0. The fourth-order valence-electron chi connectivity index (χ4n) is 3.24. The van der Waals surface area contributed by atoms with Crippen LogP contribution in [-0.2, 0) is 4.74 Å². The highest BCUT2D eigenvalue weighted by molar-refractivity contribution is 6.31. The summed E-state index contributed by atoms with van der Waals surface area (Å²) in [6.45, 7) is 2.41. The molecule has 1 amide bonds. The number of rotatable bonds is 7. The second-order valence-corrected chi connectivity index (χ2v) is 6.99. The molecule has 1 N–H and O–H groups in total. The summed E-state index contributed by atoms with van der Waals surface area (Å²) in [6.07, 6.45) is 3.21. The van der Waals surface area contributed by atoms with Crippen molar-refractivity contribution in [1.29, 1.82) is 0 Å². The number of ether oxygens (including phenoxy) is 2. The smallest absolute Gasteiger partial charge is 0.251 e. The van der Waals surface area contributed by atoms with Gasteiger partial charge in [-0.2, -0.15) is 0 Å². The van der Waals surface area contributed by atoms with Crippen molar-refractivity contribution in [2.75, 3.05) is 26.9 Å². The van der Waals surface area contributed by atoms with Gasteiger partial charge in [0.25, 0.3) is 5.91 Å². The summed E-state index contributed by atoms with van der Waals surface area (Å²) in [4.78, 5) is 12.5. The highest BCUT2D eigenvalue weighted by atomic mass is 35.5. The zero-order valence-corrected chi connectivity index (χ0v) is 15.7. The monoisotopic (exact) mass is 373 g/mol. The number of carbonyl (C=O) groups excluding carboxylic acids is 1. The molecule has 0 spiro atoms. The third-order valence-electron chi connectivity index (χ3n) is 4.70. The lowest BCUT2D eigenvalue weighted by Crippen LogP contribution is -2.24. The van der Waals surface area contributed by atoms with Gasteiger partial charge in [-0.15, -0.1) is 0 Å². The molecule has 1 saturated heterocycles. The summed E-state index contributed by atoms with van der Waals surface area (Å²) in [5, 5.41) is 3.64. The van der Waals surface area contributed by atoms with Crippen molar-refractivity contribution in [2.45, 2.75) is 19.3 Å². The molecule has 0 aromatic heterocycles. The standard InChI is InChI=1S/C21H24ClNO3/c1-25-20-8-7-18(22)13-19(20)16-5-2-6-17(12-16)21(24)23-10-3-4-15-9-11-26-14-15/h2,5-8,12-13,15H,3-4,9-11,14H2,1H3,(H,23,24)/t15-/m1/s1. The van der Waals surface area contributed by atoms with Crippen LogP contribution in [0.1, 0.15) is 29.6 Å². The van der Waals surface area contributed by atoms with Crippen molar-refractivity contribution in [3.8, 4) is 16.9 Å². The van der Waals surface area contributed by atoms with E-state index in [-0.39, 0.29) is 5.91 Å². The molecule has 0 saturated carbocycles. The topological polar surface area (TPSA) is 47.6 Å². The number of halogens is 1. The predicted octanol–water partition coefficient (Wildman–Crippen LogP) is 4.56. The number of methoxy groups -OCH3 is 1. The van der Waals surface area contributed by atoms with Crippen LogP contribution in [0.3, 0.4) is 0 Å². The van der Waals surface area contributed by atoms with E-state index in [9.17, 15) is 4.79 Å². The highest BCUT2D eigenvalue weighted by Gasteiger charge is 2.15.